The molecule has 2 aromatic rings. The molecule has 6 nitrogen and oxygen atoms in total. The zero-order chi connectivity index (χ0) is 22.4. The van der Waals surface area contributed by atoms with E-state index in [2.05, 4.69) is 17.1 Å². The zero-order valence-electron chi connectivity index (χ0n) is 18.0. The van der Waals surface area contributed by atoms with Gasteiger partial charge in [0.2, 0.25) is 17.7 Å². The molecule has 1 spiro atoms. The van der Waals surface area contributed by atoms with Crippen molar-refractivity contribution in [2.45, 2.75) is 44.7 Å². The molecule has 164 valence electrons. The Labute approximate surface area is 191 Å². The summed E-state index contributed by atoms with van der Waals surface area (Å²) in [6.45, 7) is 4.62. The van der Waals surface area contributed by atoms with Crippen LogP contribution in [0.25, 0.3) is 0 Å². The molecule has 2 aromatic carbocycles. The summed E-state index contributed by atoms with van der Waals surface area (Å²) in [5.41, 5.74) is 2.88. The predicted molar refractivity (Wildman–Crippen MR) is 122 cm³/mol. The predicted octanol–water partition coefficient (Wildman–Crippen LogP) is 3.64. The third-order valence-corrected chi connectivity index (χ3v) is 8.14. The van der Waals surface area contributed by atoms with Crippen molar-refractivity contribution in [2.24, 2.45) is 11.8 Å². The molecule has 7 heteroatoms. The first-order valence-corrected chi connectivity index (χ1v) is 11.6. The fourth-order valence-corrected chi connectivity index (χ4v) is 6.81. The maximum Gasteiger partial charge on any atom is 0.250 e. The second-order valence-electron chi connectivity index (χ2n) is 9.26. The number of nitrogens with one attached hydrogen (secondary N) is 1. The molecule has 0 bridgehead atoms. The fraction of sp³-hybridized carbons (Fsp3) is 0.400. The Morgan fingerprint density at radius 1 is 1.16 bits per heavy atom. The number of nitrogens with zero attached hydrogens (tertiary/aromatic N) is 2. The van der Waals surface area contributed by atoms with Gasteiger partial charge in [-0.25, -0.2) is 4.90 Å². The SMILES string of the molecule is CCc1cccc2c1NC(=O)[C@@]21[C@@H]2C(=O)N(c3cc(Cl)ccc3C)C(=O)[C@H]2[C@H]2CCCN21. The summed E-state index contributed by atoms with van der Waals surface area (Å²) in [5.74, 6) is -1.98. The third-order valence-electron chi connectivity index (χ3n) is 7.91. The first-order chi connectivity index (χ1) is 15.4. The Morgan fingerprint density at radius 3 is 2.75 bits per heavy atom. The van der Waals surface area contributed by atoms with Gasteiger partial charge >= 0.3 is 0 Å². The molecule has 4 aliphatic rings. The van der Waals surface area contributed by atoms with Gasteiger partial charge in [-0.2, -0.15) is 0 Å². The fourth-order valence-electron chi connectivity index (χ4n) is 6.65. The molecule has 0 aromatic heterocycles. The average molecular weight is 450 g/mol. The van der Waals surface area contributed by atoms with Crippen LogP contribution in [0.1, 0.15) is 36.5 Å². The number of fused-ring (bicyclic) bond motifs is 7. The topological polar surface area (TPSA) is 69.7 Å². The van der Waals surface area contributed by atoms with Crippen LogP contribution in [-0.2, 0) is 26.3 Å². The molecule has 1 N–H and O–H groups in total. The molecule has 4 atom stereocenters. The van der Waals surface area contributed by atoms with E-state index in [1.54, 1.807) is 12.1 Å². The largest absolute Gasteiger partial charge is 0.324 e. The number of hydrogen-bond acceptors (Lipinski definition) is 4. The van der Waals surface area contributed by atoms with Crippen molar-refractivity contribution < 1.29 is 14.4 Å². The highest BCUT2D eigenvalue weighted by Crippen LogP contribution is 2.61. The molecule has 3 amide bonds. The van der Waals surface area contributed by atoms with E-state index in [4.69, 9.17) is 11.6 Å². The molecular weight excluding hydrogens is 426 g/mol. The van der Waals surface area contributed by atoms with Crippen LogP contribution in [0.4, 0.5) is 11.4 Å². The molecule has 32 heavy (non-hydrogen) atoms. The second kappa shape index (κ2) is 6.65. The van der Waals surface area contributed by atoms with Gasteiger partial charge in [0.05, 0.1) is 17.5 Å². The van der Waals surface area contributed by atoms with E-state index < -0.39 is 17.4 Å². The van der Waals surface area contributed by atoms with E-state index >= 15 is 0 Å². The molecule has 0 unspecified atom stereocenters. The van der Waals surface area contributed by atoms with Crippen LogP contribution in [0, 0.1) is 18.8 Å². The Bertz CT molecular complexity index is 1210. The Balaban J connectivity index is 1.57. The highest BCUT2D eigenvalue weighted by molar-refractivity contribution is 6.32. The van der Waals surface area contributed by atoms with E-state index in [1.165, 1.54) is 4.90 Å². The van der Waals surface area contributed by atoms with E-state index in [1.807, 2.05) is 31.2 Å². The van der Waals surface area contributed by atoms with Crippen LogP contribution in [0.15, 0.2) is 36.4 Å². The molecule has 0 saturated carbocycles. The minimum Gasteiger partial charge on any atom is -0.324 e. The lowest BCUT2D eigenvalue weighted by Crippen LogP contribution is -2.54. The van der Waals surface area contributed by atoms with Crippen molar-refractivity contribution in [1.82, 2.24) is 4.90 Å². The van der Waals surface area contributed by atoms with E-state index in [-0.39, 0.29) is 23.8 Å². The molecule has 4 heterocycles. The number of imide groups is 1. The van der Waals surface area contributed by atoms with Crippen LogP contribution >= 0.6 is 11.6 Å². The highest BCUT2D eigenvalue weighted by Gasteiger charge is 2.74. The maximum atomic E-state index is 14.0. The summed E-state index contributed by atoms with van der Waals surface area (Å²) < 4.78 is 0. The monoisotopic (exact) mass is 449 g/mol. The first-order valence-electron chi connectivity index (χ1n) is 11.3. The van der Waals surface area contributed by atoms with Gasteiger partial charge in [-0.1, -0.05) is 42.8 Å². The number of amides is 3. The van der Waals surface area contributed by atoms with Crippen molar-refractivity contribution >= 4 is 40.7 Å². The average Bonchev–Trinajstić information content (AvgIpc) is 3.48. The van der Waals surface area contributed by atoms with Gasteiger partial charge in [0.15, 0.2) is 0 Å². The number of halogens is 1. The first kappa shape index (κ1) is 19.9. The Hall–Kier alpha value is -2.70. The van der Waals surface area contributed by atoms with Crippen LogP contribution in [-0.4, -0.2) is 35.2 Å². The lowest BCUT2D eigenvalue weighted by Gasteiger charge is -2.36. The zero-order valence-corrected chi connectivity index (χ0v) is 18.8. The molecule has 3 saturated heterocycles. The van der Waals surface area contributed by atoms with Gasteiger partial charge in [-0.3, -0.25) is 19.3 Å². The van der Waals surface area contributed by atoms with Crippen LogP contribution < -0.4 is 10.2 Å². The van der Waals surface area contributed by atoms with Crippen LogP contribution in [0.3, 0.4) is 0 Å². The van der Waals surface area contributed by atoms with E-state index in [9.17, 15) is 14.4 Å². The van der Waals surface area contributed by atoms with Crippen molar-refractivity contribution in [3.8, 4) is 0 Å². The second-order valence-corrected chi connectivity index (χ2v) is 9.70. The Morgan fingerprint density at radius 2 is 1.97 bits per heavy atom. The maximum absolute atomic E-state index is 14.0. The standard InChI is InChI=1S/C25H24ClN3O3/c1-3-14-6-4-7-16-21(14)27-24(32)25(16)20-19(17-8-5-11-28(17)25)22(30)29(23(20)31)18-12-15(26)10-9-13(18)2/h4,6-7,9-10,12,17,19-20H,3,5,8,11H2,1-2H3,(H,27,32)/t17-,19+,20+,25+/m1/s1. The summed E-state index contributed by atoms with van der Waals surface area (Å²) >= 11 is 6.22. The molecule has 3 fully saturated rings. The number of rotatable bonds is 2. The molecule has 0 aliphatic carbocycles. The van der Waals surface area contributed by atoms with Crippen molar-refractivity contribution in [2.75, 3.05) is 16.8 Å². The smallest absolute Gasteiger partial charge is 0.250 e. The van der Waals surface area contributed by atoms with Gasteiger partial charge in [0.25, 0.3) is 0 Å². The van der Waals surface area contributed by atoms with Gasteiger partial charge in [-0.15, -0.1) is 0 Å². The number of carbonyl (C=O) groups is 3. The number of carbonyl (C=O) groups excluding carboxylic acids is 3. The molecular formula is C25H24ClN3O3. The minimum atomic E-state index is -1.14. The third kappa shape index (κ3) is 2.22. The van der Waals surface area contributed by atoms with Crippen molar-refractivity contribution in [3.63, 3.8) is 0 Å². The summed E-state index contributed by atoms with van der Waals surface area (Å²) in [7, 11) is 0. The van der Waals surface area contributed by atoms with Gasteiger partial charge in [0.1, 0.15) is 5.54 Å². The van der Waals surface area contributed by atoms with Crippen LogP contribution in [0.2, 0.25) is 5.02 Å². The van der Waals surface area contributed by atoms with E-state index in [0.717, 1.165) is 41.6 Å². The number of hydrogen-bond donors (Lipinski definition) is 1. The molecule has 4 aliphatic heterocycles. The summed E-state index contributed by atoms with van der Waals surface area (Å²) in [6.07, 6.45) is 2.49. The number of anilines is 2. The van der Waals surface area contributed by atoms with Gasteiger partial charge in [0, 0.05) is 22.3 Å². The highest BCUT2D eigenvalue weighted by atomic mass is 35.5. The Kier molecular flexibility index (Phi) is 4.15. The number of benzene rings is 2. The molecule has 0 radical (unpaired) electrons. The quantitative estimate of drug-likeness (QED) is 0.710. The van der Waals surface area contributed by atoms with Crippen molar-refractivity contribution in [3.05, 3.63) is 58.1 Å². The lowest BCUT2D eigenvalue weighted by molar-refractivity contribution is -0.135. The summed E-state index contributed by atoms with van der Waals surface area (Å²) in [4.78, 5) is 45.0. The van der Waals surface area contributed by atoms with Crippen molar-refractivity contribution in [1.29, 1.82) is 0 Å². The molecule has 6 rings (SSSR count). The number of para-hydroxylation sites is 1. The number of aryl methyl sites for hydroxylation is 2. The summed E-state index contributed by atoms with van der Waals surface area (Å²) in [6, 6.07) is 11.0. The lowest BCUT2D eigenvalue weighted by atomic mass is 9.75. The summed E-state index contributed by atoms with van der Waals surface area (Å²) in [5, 5.41) is 3.57. The van der Waals surface area contributed by atoms with E-state index in [0.29, 0.717) is 17.3 Å². The normalized spacial score (nSPS) is 30.8. The minimum absolute atomic E-state index is 0.122. The van der Waals surface area contributed by atoms with Gasteiger partial charge in [-0.05, 0) is 56.0 Å². The van der Waals surface area contributed by atoms with Crippen LogP contribution in [0.5, 0.6) is 0 Å². The van der Waals surface area contributed by atoms with Gasteiger partial charge < -0.3 is 5.32 Å².